The maximum atomic E-state index is 10.6. The van der Waals surface area contributed by atoms with Crippen molar-refractivity contribution in [1.82, 2.24) is 0 Å². The Hall–Kier alpha value is -1.32. The summed E-state index contributed by atoms with van der Waals surface area (Å²) >= 11 is 0. The Morgan fingerprint density at radius 2 is 2.00 bits per heavy atom. The molecule has 12 heavy (non-hydrogen) atoms. The second kappa shape index (κ2) is 2.97. The minimum Gasteiger partial charge on any atom is -0.481 e. The van der Waals surface area contributed by atoms with Crippen LogP contribution in [0.1, 0.15) is 19.8 Å². The molecule has 0 amide bonds. The summed E-state index contributed by atoms with van der Waals surface area (Å²) in [6.45, 7) is 1.67. The monoisotopic (exact) mass is 170 g/mol. The van der Waals surface area contributed by atoms with Gasteiger partial charge in [-0.2, -0.15) is 0 Å². The Morgan fingerprint density at radius 1 is 1.42 bits per heavy atom. The van der Waals surface area contributed by atoms with Gasteiger partial charge in [0.25, 0.3) is 0 Å². The Morgan fingerprint density at radius 3 is 2.33 bits per heavy atom. The molecule has 1 aliphatic rings. The molecular formula is C8H10O4. The first kappa shape index (κ1) is 8.77. The summed E-state index contributed by atoms with van der Waals surface area (Å²) in [7, 11) is 0. The van der Waals surface area contributed by atoms with E-state index in [4.69, 9.17) is 10.2 Å². The fourth-order valence-electron chi connectivity index (χ4n) is 1.52. The third-order valence-electron chi connectivity index (χ3n) is 2.14. The summed E-state index contributed by atoms with van der Waals surface area (Å²) in [4.78, 5) is 21.2. The van der Waals surface area contributed by atoms with E-state index >= 15 is 0 Å². The van der Waals surface area contributed by atoms with Crippen molar-refractivity contribution in [3.8, 4) is 0 Å². The fourth-order valence-corrected chi connectivity index (χ4v) is 1.52. The molecule has 1 aliphatic carbocycles. The molecule has 4 heteroatoms. The number of carboxylic acid groups (broad SMARTS) is 2. The zero-order chi connectivity index (χ0) is 9.30. The van der Waals surface area contributed by atoms with Gasteiger partial charge in [-0.15, -0.1) is 0 Å². The zero-order valence-corrected chi connectivity index (χ0v) is 6.70. The van der Waals surface area contributed by atoms with Gasteiger partial charge < -0.3 is 10.2 Å². The predicted molar refractivity (Wildman–Crippen MR) is 40.7 cm³/mol. The van der Waals surface area contributed by atoms with Crippen LogP contribution in [0, 0.1) is 5.92 Å². The average molecular weight is 170 g/mol. The number of hydrogen-bond donors (Lipinski definition) is 2. The molecule has 0 aromatic carbocycles. The van der Waals surface area contributed by atoms with Crippen LogP contribution in [0.5, 0.6) is 0 Å². The zero-order valence-electron chi connectivity index (χ0n) is 6.70. The van der Waals surface area contributed by atoms with Gasteiger partial charge in [0, 0.05) is 0 Å². The van der Waals surface area contributed by atoms with Crippen LogP contribution in [0.3, 0.4) is 0 Å². The Bertz CT molecular complexity index is 264. The van der Waals surface area contributed by atoms with E-state index in [2.05, 4.69) is 0 Å². The Kier molecular flexibility index (Phi) is 2.17. The molecule has 0 unspecified atom stereocenters. The lowest BCUT2D eigenvalue weighted by Crippen LogP contribution is -2.18. The van der Waals surface area contributed by atoms with Crippen LogP contribution >= 0.6 is 0 Å². The number of rotatable bonds is 2. The molecule has 0 spiro atoms. The highest BCUT2D eigenvalue weighted by Gasteiger charge is 2.33. The van der Waals surface area contributed by atoms with Gasteiger partial charge in [0.2, 0.25) is 0 Å². The van der Waals surface area contributed by atoms with Crippen molar-refractivity contribution < 1.29 is 19.8 Å². The first-order valence-electron chi connectivity index (χ1n) is 3.69. The molecule has 0 aromatic rings. The summed E-state index contributed by atoms with van der Waals surface area (Å²) in [5.41, 5.74) is 0.761. The van der Waals surface area contributed by atoms with E-state index in [0.29, 0.717) is 18.4 Å². The maximum Gasteiger partial charge on any atom is 0.332 e. The van der Waals surface area contributed by atoms with Crippen molar-refractivity contribution in [2.75, 3.05) is 0 Å². The van der Waals surface area contributed by atoms with Crippen LogP contribution in [0.4, 0.5) is 0 Å². The van der Waals surface area contributed by atoms with Gasteiger partial charge in [-0.1, -0.05) is 5.57 Å². The second-order valence-corrected chi connectivity index (χ2v) is 2.93. The van der Waals surface area contributed by atoms with Gasteiger partial charge in [0.1, 0.15) is 0 Å². The normalized spacial score (nSPS) is 22.9. The largest absolute Gasteiger partial charge is 0.481 e. The van der Waals surface area contributed by atoms with E-state index in [1.54, 1.807) is 6.92 Å². The first-order valence-corrected chi connectivity index (χ1v) is 3.69. The van der Waals surface area contributed by atoms with Crippen LogP contribution in [0.25, 0.3) is 0 Å². The third kappa shape index (κ3) is 1.32. The van der Waals surface area contributed by atoms with Gasteiger partial charge in [-0.25, -0.2) is 4.79 Å². The highest BCUT2D eigenvalue weighted by molar-refractivity contribution is 5.95. The topological polar surface area (TPSA) is 74.6 Å². The van der Waals surface area contributed by atoms with Crippen molar-refractivity contribution in [2.24, 2.45) is 5.92 Å². The SMILES string of the molecule is CC1=C(C(=O)O)[C@H](C(=O)O)CC1. The van der Waals surface area contributed by atoms with E-state index in [-0.39, 0.29) is 5.57 Å². The third-order valence-corrected chi connectivity index (χ3v) is 2.14. The molecule has 0 bridgehead atoms. The molecule has 0 aromatic heterocycles. The van der Waals surface area contributed by atoms with E-state index in [1.807, 2.05) is 0 Å². The molecule has 0 saturated carbocycles. The summed E-state index contributed by atoms with van der Waals surface area (Å²) in [6.07, 6.45) is 1.00. The van der Waals surface area contributed by atoms with Gasteiger partial charge >= 0.3 is 11.9 Å². The van der Waals surface area contributed by atoms with Crippen molar-refractivity contribution in [3.63, 3.8) is 0 Å². The molecular weight excluding hydrogens is 160 g/mol. The number of carbonyl (C=O) groups is 2. The minimum atomic E-state index is -1.10. The highest BCUT2D eigenvalue weighted by atomic mass is 16.4. The smallest absolute Gasteiger partial charge is 0.332 e. The first-order chi connectivity index (χ1) is 5.54. The number of carboxylic acids is 2. The fraction of sp³-hybridized carbons (Fsp3) is 0.500. The van der Waals surface area contributed by atoms with E-state index in [1.165, 1.54) is 0 Å². The second-order valence-electron chi connectivity index (χ2n) is 2.93. The highest BCUT2D eigenvalue weighted by Crippen LogP contribution is 2.31. The van der Waals surface area contributed by atoms with Crippen LogP contribution < -0.4 is 0 Å². The van der Waals surface area contributed by atoms with E-state index in [9.17, 15) is 9.59 Å². The summed E-state index contributed by atoms with van der Waals surface area (Å²) in [5.74, 6) is -2.94. The quantitative estimate of drug-likeness (QED) is 0.645. The molecule has 0 radical (unpaired) electrons. The van der Waals surface area contributed by atoms with Crippen LogP contribution in [0.2, 0.25) is 0 Å². The number of aliphatic carboxylic acids is 2. The minimum absolute atomic E-state index is 0.0718. The Labute approximate surface area is 69.5 Å². The molecule has 66 valence electrons. The van der Waals surface area contributed by atoms with E-state index in [0.717, 1.165) is 0 Å². The summed E-state index contributed by atoms with van der Waals surface area (Å²) in [6, 6.07) is 0. The Balaban J connectivity index is 2.97. The summed E-state index contributed by atoms with van der Waals surface area (Å²) < 4.78 is 0. The van der Waals surface area contributed by atoms with Crippen molar-refractivity contribution in [1.29, 1.82) is 0 Å². The summed E-state index contributed by atoms with van der Waals surface area (Å²) in [5, 5.41) is 17.3. The maximum absolute atomic E-state index is 10.6. The van der Waals surface area contributed by atoms with Crippen LogP contribution in [-0.2, 0) is 9.59 Å². The van der Waals surface area contributed by atoms with Crippen molar-refractivity contribution in [2.45, 2.75) is 19.8 Å². The van der Waals surface area contributed by atoms with E-state index < -0.39 is 17.9 Å². The van der Waals surface area contributed by atoms with Gasteiger partial charge in [0.15, 0.2) is 0 Å². The molecule has 4 nitrogen and oxygen atoms in total. The van der Waals surface area contributed by atoms with Crippen molar-refractivity contribution >= 4 is 11.9 Å². The van der Waals surface area contributed by atoms with Crippen LogP contribution in [0.15, 0.2) is 11.1 Å². The molecule has 0 aliphatic heterocycles. The molecule has 1 rings (SSSR count). The van der Waals surface area contributed by atoms with Gasteiger partial charge in [-0.3, -0.25) is 4.79 Å². The van der Waals surface area contributed by atoms with Crippen molar-refractivity contribution in [3.05, 3.63) is 11.1 Å². The lowest BCUT2D eigenvalue weighted by molar-refractivity contribution is -0.143. The predicted octanol–water partition coefficient (Wildman–Crippen LogP) is 0.882. The average Bonchev–Trinajstić information content (AvgIpc) is 2.30. The van der Waals surface area contributed by atoms with Crippen LogP contribution in [-0.4, -0.2) is 22.2 Å². The lowest BCUT2D eigenvalue weighted by atomic mass is 10.0. The lowest BCUT2D eigenvalue weighted by Gasteiger charge is -2.04. The molecule has 0 saturated heterocycles. The molecule has 0 heterocycles. The van der Waals surface area contributed by atoms with Gasteiger partial charge in [0.05, 0.1) is 11.5 Å². The number of hydrogen-bond acceptors (Lipinski definition) is 2. The standard InChI is InChI=1S/C8H10O4/c1-4-2-3-5(7(9)10)6(4)8(11)12/h5H,2-3H2,1H3,(H,9,10)(H,11,12)/t5-/m1/s1. The molecule has 0 fully saturated rings. The van der Waals surface area contributed by atoms with Gasteiger partial charge in [-0.05, 0) is 19.8 Å². The molecule has 2 N–H and O–H groups in total. The number of allylic oxidation sites excluding steroid dienone is 1. The molecule has 1 atom stereocenters.